The van der Waals surface area contributed by atoms with Gasteiger partial charge in [-0.3, -0.25) is 9.59 Å². The van der Waals surface area contributed by atoms with Crippen LogP contribution in [0.5, 0.6) is 0 Å². The van der Waals surface area contributed by atoms with Gasteiger partial charge in [-0.15, -0.1) is 0 Å². The fourth-order valence-electron chi connectivity index (χ4n) is 1.85. The minimum Gasteiger partial charge on any atom is -0.399 e. The second-order valence-electron chi connectivity index (χ2n) is 5.13. The first-order chi connectivity index (χ1) is 11.6. The van der Waals surface area contributed by atoms with Gasteiger partial charge in [-0.1, -0.05) is 7.43 Å². The van der Waals surface area contributed by atoms with E-state index in [-0.39, 0.29) is 38.5 Å². The molecule has 1 amide bonds. The van der Waals surface area contributed by atoms with Crippen molar-refractivity contribution in [1.29, 1.82) is 0 Å². The SMILES string of the molecule is C.NCC(=O)CCC(=O)Nc1ccc(N=Nc2ccc(N)cc2)cc1. The standard InChI is InChI=1S/C17H19N5O2.CH4/c18-11-16(23)9-10-17(24)20-13-5-7-15(8-6-13)22-21-14-3-1-12(19)2-4-14;/h1-8H,9-11,18-19H2,(H,20,24);1H4. The minimum absolute atomic E-state index is 0. The molecule has 0 heterocycles. The normalized spacial score (nSPS) is 10.3. The first-order valence-corrected chi connectivity index (χ1v) is 7.46. The van der Waals surface area contributed by atoms with Crippen LogP contribution in [0, 0.1) is 0 Å². The first-order valence-electron chi connectivity index (χ1n) is 7.46. The Hall–Kier alpha value is -3.06. The van der Waals surface area contributed by atoms with Crippen molar-refractivity contribution in [3.63, 3.8) is 0 Å². The van der Waals surface area contributed by atoms with Crippen LogP contribution in [-0.2, 0) is 9.59 Å². The van der Waals surface area contributed by atoms with Crippen molar-refractivity contribution in [2.75, 3.05) is 17.6 Å². The van der Waals surface area contributed by atoms with E-state index in [4.69, 9.17) is 11.5 Å². The summed E-state index contributed by atoms with van der Waals surface area (Å²) in [5.74, 6) is -0.364. The number of carbonyl (C=O) groups is 2. The van der Waals surface area contributed by atoms with Crippen LogP contribution in [-0.4, -0.2) is 18.2 Å². The number of azo groups is 1. The lowest BCUT2D eigenvalue weighted by atomic mass is 10.2. The maximum atomic E-state index is 11.7. The van der Waals surface area contributed by atoms with E-state index < -0.39 is 0 Å². The number of nitrogens with zero attached hydrogens (tertiary/aromatic N) is 2. The summed E-state index contributed by atoms with van der Waals surface area (Å²) in [6.45, 7) is -0.0407. The molecule has 0 bridgehead atoms. The maximum absolute atomic E-state index is 11.7. The van der Waals surface area contributed by atoms with E-state index in [9.17, 15) is 9.59 Å². The van der Waals surface area contributed by atoms with E-state index in [0.717, 1.165) is 0 Å². The van der Waals surface area contributed by atoms with Crippen LogP contribution in [0.2, 0.25) is 0 Å². The molecule has 2 rings (SSSR count). The summed E-state index contributed by atoms with van der Waals surface area (Å²) >= 11 is 0. The number of Topliss-reactive ketones (excluding diaryl/α,β-unsaturated/α-hetero) is 1. The van der Waals surface area contributed by atoms with E-state index in [0.29, 0.717) is 22.7 Å². The third-order valence-electron chi connectivity index (χ3n) is 3.18. The van der Waals surface area contributed by atoms with Crippen LogP contribution in [0.3, 0.4) is 0 Å². The maximum Gasteiger partial charge on any atom is 0.224 e. The van der Waals surface area contributed by atoms with Gasteiger partial charge in [0.2, 0.25) is 5.91 Å². The zero-order valence-electron chi connectivity index (χ0n) is 13.1. The summed E-state index contributed by atoms with van der Waals surface area (Å²) in [5.41, 5.74) is 13.5. The lowest BCUT2D eigenvalue weighted by Gasteiger charge is -2.04. The number of ketones is 1. The predicted molar refractivity (Wildman–Crippen MR) is 100 cm³/mol. The summed E-state index contributed by atoms with van der Waals surface area (Å²) in [6.07, 6.45) is 0.269. The number of nitrogen functional groups attached to an aromatic ring is 1. The van der Waals surface area contributed by atoms with Crippen molar-refractivity contribution in [3.05, 3.63) is 48.5 Å². The van der Waals surface area contributed by atoms with E-state index >= 15 is 0 Å². The summed E-state index contributed by atoms with van der Waals surface area (Å²) in [7, 11) is 0. The molecule has 0 aromatic heterocycles. The first kappa shape index (κ1) is 20.0. The molecule has 5 N–H and O–H groups in total. The lowest BCUT2D eigenvalue weighted by Crippen LogP contribution is -2.17. The number of anilines is 2. The Balaban J connectivity index is 0.00000312. The Kier molecular flexibility index (Phi) is 7.95. The van der Waals surface area contributed by atoms with Gasteiger partial charge in [0.05, 0.1) is 17.9 Å². The van der Waals surface area contributed by atoms with Crippen LogP contribution in [0.1, 0.15) is 20.3 Å². The lowest BCUT2D eigenvalue weighted by molar-refractivity contribution is -0.122. The van der Waals surface area contributed by atoms with E-state index in [1.165, 1.54) is 0 Å². The third-order valence-corrected chi connectivity index (χ3v) is 3.18. The van der Waals surface area contributed by atoms with Crippen LogP contribution in [0.4, 0.5) is 22.7 Å². The van der Waals surface area contributed by atoms with Crippen LogP contribution in [0.25, 0.3) is 0 Å². The minimum atomic E-state index is -0.229. The average Bonchev–Trinajstić information content (AvgIpc) is 2.60. The Labute approximate surface area is 147 Å². The van der Waals surface area contributed by atoms with Crippen molar-refractivity contribution in [2.45, 2.75) is 20.3 Å². The molecule has 0 saturated heterocycles. The summed E-state index contributed by atoms with van der Waals surface area (Å²) in [6, 6.07) is 14.0. The number of hydrogen-bond acceptors (Lipinski definition) is 6. The molecule has 0 aliphatic heterocycles. The Morgan fingerprint density at radius 3 is 1.92 bits per heavy atom. The zero-order chi connectivity index (χ0) is 17.4. The number of amides is 1. The Bertz CT molecular complexity index is 724. The van der Waals surface area contributed by atoms with Gasteiger partial charge in [0.1, 0.15) is 5.78 Å². The van der Waals surface area contributed by atoms with Gasteiger partial charge >= 0.3 is 0 Å². The van der Waals surface area contributed by atoms with E-state index in [1.54, 1.807) is 48.5 Å². The number of hydrogen-bond donors (Lipinski definition) is 3. The van der Waals surface area contributed by atoms with Crippen molar-refractivity contribution >= 4 is 34.4 Å². The van der Waals surface area contributed by atoms with Gasteiger partial charge in [-0.25, -0.2) is 0 Å². The molecule has 7 nitrogen and oxygen atoms in total. The predicted octanol–water partition coefficient (Wildman–Crippen LogP) is 3.57. The molecule has 0 fully saturated rings. The van der Waals surface area contributed by atoms with Gasteiger partial charge in [0.25, 0.3) is 0 Å². The highest BCUT2D eigenvalue weighted by Gasteiger charge is 2.06. The van der Waals surface area contributed by atoms with E-state index in [1.807, 2.05) is 0 Å². The van der Waals surface area contributed by atoms with Crippen molar-refractivity contribution in [2.24, 2.45) is 16.0 Å². The Morgan fingerprint density at radius 2 is 1.40 bits per heavy atom. The quantitative estimate of drug-likeness (QED) is 0.526. The number of rotatable bonds is 7. The molecular weight excluding hydrogens is 318 g/mol. The van der Waals surface area contributed by atoms with Crippen molar-refractivity contribution in [3.8, 4) is 0 Å². The molecule has 0 unspecified atom stereocenters. The average molecular weight is 341 g/mol. The summed E-state index contributed by atoms with van der Waals surface area (Å²) in [4.78, 5) is 22.8. The van der Waals surface area contributed by atoms with Crippen molar-refractivity contribution < 1.29 is 9.59 Å². The number of nitrogens with one attached hydrogen (secondary N) is 1. The smallest absolute Gasteiger partial charge is 0.224 e. The zero-order valence-corrected chi connectivity index (χ0v) is 13.1. The van der Waals surface area contributed by atoms with Crippen LogP contribution < -0.4 is 16.8 Å². The van der Waals surface area contributed by atoms with Gasteiger partial charge in [-0.05, 0) is 48.5 Å². The summed E-state index contributed by atoms with van der Waals surface area (Å²) in [5, 5.41) is 10.9. The molecular formula is C18H23N5O2. The molecule has 2 aromatic carbocycles. The van der Waals surface area contributed by atoms with Crippen LogP contribution >= 0.6 is 0 Å². The van der Waals surface area contributed by atoms with Gasteiger partial charge in [0, 0.05) is 24.2 Å². The molecule has 7 heteroatoms. The van der Waals surface area contributed by atoms with E-state index in [2.05, 4.69) is 15.5 Å². The monoisotopic (exact) mass is 341 g/mol. The number of benzene rings is 2. The summed E-state index contributed by atoms with van der Waals surface area (Å²) < 4.78 is 0. The van der Waals surface area contributed by atoms with Gasteiger partial charge in [0.15, 0.2) is 0 Å². The molecule has 2 aromatic rings. The molecule has 0 atom stereocenters. The fourth-order valence-corrected chi connectivity index (χ4v) is 1.85. The van der Waals surface area contributed by atoms with Gasteiger partial charge < -0.3 is 16.8 Å². The molecule has 0 spiro atoms. The second-order valence-corrected chi connectivity index (χ2v) is 5.13. The molecule has 132 valence electrons. The molecule has 0 aliphatic rings. The third kappa shape index (κ3) is 6.92. The molecule has 0 radical (unpaired) electrons. The van der Waals surface area contributed by atoms with Gasteiger partial charge in [-0.2, -0.15) is 10.2 Å². The Morgan fingerprint density at radius 1 is 0.880 bits per heavy atom. The molecule has 0 saturated carbocycles. The molecule has 25 heavy (non-hydrogen) atoms. The van der Waals surface area contributed by atoms with Crippen molar-refractivity contribution in [1.82, 2.24) is 0 Å². The fraction of sp³-hybridized carbons (Fsp3) is 0.222. The highest BCUT2D eigenvalue weighted by Crippen LogP contribution is 2.21. The second kappa shape index (κ2) is 9.94. The highest BCUT2D eigenvalue weighted by molar-refractivity contribution is 5.93. The topological polar surface area (TPSA) is 123 Å². The largest absolute Gasteiger partial charge is 0.399 e. The molecule has 0 aliphatic carbocycles. The highest BCUT2D eigenvalue weighted by atomic mass is 16.2. The van der Waals surface area contributed by atoms with Crippen LogP contribution in [0.15, 0.2) is 58.8 Å². The number of nitrogens with two attached hydrogens (primary N) is 2. The number of carbonyl (C=O) groups excluding carboxylic acids is 2.